The van der Waals surface area contributed by atoms with Gasteiger partial charge < -0.3 is 29.6 Å². The van der Waals surface area contributed by atoms with Gasteiger partial charge in [0.15, 0.2) is 0 Å². The average Bonchev–Trinajstić information content (AvgIpc) is 0.819. The minimum absolute atomic E-state index is 0.0627. The van der Waals surface area contributed by atoms with E-state index in [0.717, 1.165) is 101 Å². The minimum atomic E-state index is -0.587. The third-order valence-electron chi connectivity index (χ3n) is 19.4. The van der Waals surface area contributed by atoms with Crippen LogP contribution in [0.15, 0.2) is 388 Å². The van der Waals surface area contributed by atoms with Gasteiger partial charge in [-0.15, -0.1) is 0 Å². The van der Waals surface area contributed by atoms with Crippen LogP contribution in [0.4, 0.5) is 11.4 Å². The summed E-state index contributed by atoms with van der Waals surface area (Å²) in [5.74, 6) is 1.34. The smallest absolute Gasteiger partial charge is 0.255 e. The van der Waals surface area contributed by atoms with Crippen molar-refractivity contribution in [3.63, 3.8) is 0 Å². The molecule has 2 aliphatic carbocycles. The number of amides is 2. The number of nitrogens with one attached hydrogen (secondary N) is 2. The lowest BCUT2D eigenvalue weighted by Crippen LogP contribution is -2.31. The summed E-state index contributed by atoms with van der Waals surface area (Å²) in [5, 5.41) is 6.25. The normalized spacial score (nSPS) is 14.1. The number of anilines is 2. The number of hydrogen-bond acceptors (Lipinski definition) is 6. The Kier molecular flexibility index (Phi) is 22.0. The predicted molar refractivity (Wildman–Crippen MR) is 422 cm³/mol. The first-order valence-electron chi connectivity index (χ1n) is 35.5. The largest absolute Gasteiger partial charge is 0.491 e. The number of carbonyl (C=O) groups excluding carboxylic acids is 2. The monoisotopic (exact) mass is 1360 g/mol. The molecule has 510 valence electrons. The SMILES string of the molecule is O=C(Nc1ccc(C2C=CC=C(c3ccc(OCCOCCOCCOc4ccc(C5=CC=CC(c6ccc(NC(=O)c7ccc(C(c8ccccc8)(c8ccccc8)c8ccccc8)cc7)cc6)C=C5)cc4)cc3)C=C2)cc1)c1ccc(C(c2ccccc2)(c2ccccc2)c2ccccc2)cc1. The molecule has 0 radical (unpaired) electrons. The topological polar surface area (TPSA) is 95.1 Å². The van der Waals surface area contributed by atoms with E-state index in [1.807, 2.05) is 109 Å². The lowest BCUT2D eigenvalue weighted by molar-refractivity contribution is 0.0273. The van der Waals surface area contributed by atoms with Gasteiger partial charge in [-0.25, -0.2) is 0 Å². The van der Waals surface area contributed by atoms with Crippen LogP contribution in [0.1, 0.15) is 99.3 Å². The van der Waals surface area contributed by atoms with Crippen LogP contribution in [0.2, 0.25) is 0 Å². The van der Waals surface area contributed by atoms with Gasteiger partial charge in [0.25, 0.3) is 11.8 Å². The number of allylic oxidation sites excluding steroid dienone is 12. The van der Waals surface area contributed by atoms with Crippen LogP contribution in [-0.4, -0.2) is 51.5 Å². The van der Waals surface area contributed by atoms with Gasteiger partial charge in [0.2, 0.25) is 0 Å². The highest BCUT2D eigenvalue weighted by Crippen LogP contribution is 2.47. The maximum Gasteiger partial charge on any atom is 0.255 e. The van der Waals surface area contributed by atoms with Crippen molar-refractivity contribution in [1.82, 2.24) is 0 Å². The molecule has 0 heterocycles. The summed E-state index contributed by atoms with van der Waals surface area (Å²) < 4.78 is 23.6. The molecular formula is C96H80N2O6. The fraction of sp³-hybridized carbons (Fsp3) is 0.104. The Hall–Kier alpha value is -12.5. The Labute approximate surface area is 610 Å². The second-order valence-corrected chi connectivity index (χ2v) is 25.8. The third-order valence-corrected chi connectivity index (χ3v) is 19.4. The molecule has 0 saturated heterocycles. The molecule has 2 atom stereocenters. The predicted octanol–water partition coefficient (Wildman–Crippen LogP) is 21.0. The maximum atomic E-state index is 13.7. The molecule has 14 rings (SSSR count). The summed E-state index contributed by atoms with van der Waals surface area (Å²) in [7, 11) is 0. The first-order valence-corrected chi connectivity index (χ1v) is 35.5. The molecule has 0 fully saturated rings. The second-order valence-electron chi connectivity index (χ2n) is 25.8. The Morgan fingerprint density at radius 1 is 0.288 bits per heavy atom. The molecule has 2 N–H and O–H groups in total. The molecule has 0 aromatic heterocycles. The summed E-state index contributed by atoms with van der Waals surface area (Å²) in [6.07, 6.45) is 21.5. The molecule has 12 aromatic rings. The van der Waals surface area contributed by atoms with Gasteiger partial charge >= 0.3 is 0 Å². The molecule has 0 bridgehead atoms. The van der Waals surface area contributed by atoms with Crippen molar-refractivity contribution in [2.45, 2.75) is 22.7 Å². The number of hydrogen-bond donors (Lipinski definition) is 2. The Morgan fingerprint density at radius 3 is 0.865 bits per heavy atom. The highest BCUT2D eigenvalue weighted by atomic mass is 16.6. The minimum Gasteiger partial charge on any atom is -0.491 e. The van der Waals surface area contributed by atoms with Crippen molar-refractivity contribution < 1.29 is 28.5 Å². The summed E-state index contributed by atoms with van der Waals surface area (Å²) >= 11 is 0. The Bertz CT molecular complexity index is 4470. The summed E-state index contributed by atoms with van der Waals surface area (Å²) in [6.45, 7) is 2.61. The average molecular weight is 1360 g/mol. The van der Waals surface area contributed by atoms with Gasteiger partial charge in [-0.3, -0.25) is 9.59 Å². The first kappa shape index (κ1) is 68.7. The summed E-state index contributed by atoms with van der Waals surface area (Å²) in [6, 6.07) is 112. The maximum absolute atomic E-state index is 13.7. The van der Waals surface area contributed by atoms with Crippen LogP contribution >= 0.6 is 0 Å². The molecule has 2 amide bonds. The van der Waals surface area contributed by atoms with Crippen molar-refractivity contribution in [2.24, 2.45) is 0 Å². The van der Waals surface area contributed by atoms with Gasteiger partial charge in [-0.1, -0.05) is 316 Å². The van der Waals surface area contributed by atoms with Crippen LogP contribution in [0.5, 0.6) is 11.5 Å². The molecule has 8 nitrogen and oxygen atoms in total. The fourth-order valence-electron chi connectivity index (χ4n) is 14.1. The zero-order chi connectivity index (χ0) is 70.6. The van der Waals surface area contributed by atoms with E-state index in [4.69, 9.17) is 18.9 Å². The van der Waals surface area contributed by atoms with Crippen LogP contribution in [0.25, 0.3) is 11.1 Å². The second kappa shape index (κ2) is 33.3. The van der Waals surface area contributed by atoms with Crippen molar-refractivity contribution in [1.29, 1.82) is 0 Å². The van der Waals surface area contributed by atoms with Gasteiger partial charge in [0, 0.05) is 34.3 Å². The molecule has 2 unspecified atom stereocenters. The van der Waals surface area contributed by atoms with E-state index in [-0.39, 0.29) is 23.7 Å². The van der Waals surface area contributed by atoms with Crippen LogP contribution in [-0.2, 0) is 20.3 Å². The van der Waals surface area contributed by atoms with E-state index < -0.39 is 10.8 Å². The zero-order valence-corrected chi connectivity index (χ0v) is 57.8. The van der Waals surface area contributed by atoms with Crippen molar-refractivity contribution in [3.05, 3.63) is 466 Å². The van der Waals surface area contributed by atoms with Crippen molar-refractivity contribution >= 4 is 34.3 Å². The number of ether oxygens (including phenoxy) is 4. The number of rotatable bonds is 27. The molecule has 8 heteroatoms. The summed E-state index contributed by atoms with van der Waals surface area (Å²) in [5.41, 5.74) is 17.1. The number of carbonyl (C=O) groups is 2. The Balaban J connectivity index is 0.479. The van der Waals surface area contributed by atoms with Crippen LogP contribution in [0.3, 0.4) is 0 Å². The fourth-order valence-corrected chi connectivity index (χ4v) is 14.1. The third kappa shape index (κ3) is 15.8. The summed E-state index contributed by atoms with van der Waals surface area (Å²) in [4.78, 5) is 27.5. The van der Waals surface area contributed by atoms with Crippen molar-refractivity contribution in [2.75, 3.05) is 50.3 Å². The quantitative estimate of drug-likeness (QED) is 0.0393. The molecule has 12 aromatic carbocycles. The van der Waals surface area contributed by atoms with E-state index in [2.05, 4.69) is 290 Å². The zero-order valence-electron chi connectivity index (χ0n) is 57.8. The van der Waals surface area contributed by atoms with E-state index in [1.165, 1.54) is 0 Å². The number of benzene rings is 12. The molecule has 2 aliphatic rings. The van der Waals surface area contributed by atoms with Gasteiger partial charge in [-0.2, -0.15) is 0 Å². The lowest BCUT2D eigenvalue weighted by atomic mass is 9.65. The molecule has 0 spiro atoms. The molecular weight excluding hydrogens is 1280 g/mol. The molecule has 0 saturated carbocycles. The first-order chi connectivity index (χ1) is 51.4. The van der Waals surface area contributed by atoms with Crippen LogP contribution in [0, 0.1) is 0 Å². The highest BCUT2D eigenvalue weighted by Gasteiger charge is 2.40. The van der Waals surface area contributed by atoms with E-state index in [0.29, 0.717) is 50.8 Å². The standard InChI is InChI=1S/C96H80N2O6/c99-93(79-41-53-87(54-42-79)95(81-25-7-1-8-26-81,82-27-9-2-10-28-82)83-29-11-3-12-30-83)97-89-57-45-75(46-58-89)71-21-19-23-73(39-37-71)77-49-61-91(62-50-77)103-69-67-101-65-66-102-68-70-104-92-63-51-78(52-64-92)74-24-20-22-72(38-40-74)76-47-59-90(60-48-76)98-94(100)80-43-55-88(56-44-80)96(84-31-13-4-14-32-84,85-33-15-5-16-34-85)86-35-17-6-18-36-86/h1-64,71-72H,65-70H2,(H,97,99)(H,98,100). The van der Waals surface area contributed by atoms with E-state index >= 15 is 0 Å². The molecule has 0 aliphatic heterocycles. The van der Waals surface area contributed by atoms with E-state index in [1.54, 1.807) is 0 Å². The van der Waals surface area contributed by atoms with Gasteiger partial charge in [0.1, 0.15) is 24.7 Å². The lowest BCUT2D eigenvalue weighted by Gasteiger charge is -2.37. The van der Waals surface area contributed by atoms with Gasteiger partial charge in [-0.05, 0) is 151 Å². The highest BCUT2D eigenvalue weighted by molar-refractivity contribution is 6.05. The molecule has 104 heavy (non-hydrogen) atoms. The van der Waals surface area contributed by atoms with E-state index in [9.17, 15) is 9.59 Å². The Morgan fingerprint density at radius 2 is 0.567 bits per heavy atom. The van der Waals surface area contributed by atoms with Crippen LogP contribution < -0.4 is 20.1 Å². The van der Waals surface area contributed by atoms with Crippen molar-refractivity contribution in [3.8, 4) is 11.5 Å². The van der Waals surface area contributed by atoms with Gasteiger partial charge in [0.05, 0.1) is 37.3 Å².